The highest BCUT2D eigenvalue weighted by Gasteiger charge is 2.22. The van der Waals surface area contributed by atoms with Crippen LogP contribution in [0.15, 0.2) is 18.2 Å². The van der Waals surface area contributed by atoms with Gasteiger partial charge in [0.2, 0.25) is 5.91 Å². The molecule has 0 aliphatic carbocycles. The van der Waals surface area contributed by atoms with E-state index in [-0.39, 0.29) is 5.91 Å². The molecule has 2 N–H and O–H groups in total. The highest BCUT2D eigenvalue weighted by atomic mass is 16.5. The first-order valence-electron chi connectivity index (χ1n) is 8.76. The summed E-state index contributed by atoms with van der Waals surface area (Å²) < 4.78 is 5.83. The lowest BCUT2D eigenvalue weighted by molar-refractivity contribution is -0.122. The molecule has 1 fully saturated rings. The monoisotopic (exact) mass is 318 g/mol. The van der Waals surface area contributed by atoms with Crippen LogP contribution >= 0.6 is 0 Å². The minimum Gasteiger partial charge on any atom is -0.493 e. The van der Waals surface area contributed by atoms with Gasteiger partial charge >= 0.3 is 0 Å². The molecule has 1 aliphatic heterocycles. The summed E-state index contributed by atoms with van der Waals surface area (Å²) in [6.07, 6.45) is 3.40. The Bertz CT molecular complexity index is 516. The summed E-state index contributed by atoms with van der Waals surface area (Å²) in [5, 5.41) is 6.53. The van der Waals surface area contributed by atoms with Gasteiger partial charge in [-0.25, -0.2) is 0 Å². The van der Waals surface area contributed by atoms with E-state index < -0.39 is 0 Å². The summed E-state index contributed by atoms with van der Waals surface area (Å²) >= 11 is 0. The molecule has 4 heteroatoms. The van der Waals surface area contributed by atoms with Crippen LogP contribution in [0.1, 0.15) is 43.7 Å². The Morgan fingerprint density at radius 3 is 2.96 bits per heavy atom. The molecule has 128 valence electrons. The highest BCUT2D eigenvalue weighted by Crippen LogP contribution is 2.19. The first-order chi connectivity index (χ1) is 11.1. The Morgan fingerprint density at radius 1 is 1.35 bits per heavy atom. The van der Waals surface area contributed by atoms with E-state index in [2.05, 4.69) is 49.6 Å². The number of hydrogen-bond donors (Lipinski definition) is 2. The maximum Gasteiger partial charge on any atom is 0.220 e. The number of carbonyl (C=O) groups is 1. The Balaban J connectivity index is 1.61. The van der Waals surface area contributed by atoms with Crippen molar-refractivity contribution in [3.63, 3.8) is 0 Å². The average Bonchev–Trinajstić information content (AvgIpc) is 2.52. The van der Waals surface area contributed by atoms with Gasteiger partial charge in [-0.2, -0.15) is 0 Å². The number of aryl methyl sites for hydroxylation is 2. The predicted octanol–water partition coefficient (Wildman–Crippen LogP) is 2.97. The van der Waals surface area contributed by atoms with Gasteiger partial charge in [0.15, 0.2) is 0 Å². The number of ether oxygens (including phenoxy) is 1. The van der Waals surface area contributed by atoms with Crippen molar-refractivity contribution in [2.45, 2.75) is 52.5 Å². The molecule has 0 radical (unpaired) electrons. The molecular weight excluding hydrogens is 288 g/mol. The zero-order valence-electron chi connectivity index (χ0n) is 14.7. The van der Waals surface area contributed by atoms with Gasteiger partial charge in [0.1, 0.15) is 5.75 Å². The Kier molecular flexibility index (Phi) is 6.90. The topological polar surface area (TPSA) is 50.4 Å². The molecule has 0 aromatic heterocycles. The van der Waals surface area contributed by atoms with Crippen LogP contribution < -0.4 is 15.4 Å². The maximum atomic E-state index is 12.0. The minimum atomic E-state index is 0.176. The summed E-state index contributed by atoms with van der Waals surface area (Å²) in [6.45, 7) is 8.98. The maximum absolute atomic E-state index is 12.0. The fraction of sp³-hybridized carbons (Fsp3) is 0.632. The van der Waals surface area contributed by atoms with Crippen LogP contribution in [0.2, 0.25) is 0 Å². The molecule has 1 aromatic carbocycles. The molecule has 4 nitrogen and oxygen atoms in total. The van der Waals surface area contributed by atoms with Gasteiger partial charge in [-0.05, 0) is 69.3 Å². The largest absolute Gasteiger partial charge is 0.493 e. The Morgan fingerprint density at radius 2 is 2.17 bits per heavy atom. The average molecular weight is 318 g/mol. The van der Waals surface area contributed by atoms with Gasteiger partial charge < -0.3 is 15.4 Å². The zero-order valence-corrected chi connectivity index (χ0v) is 14.7. The number of benzene rings is 1. The lowest BCUT2D eigenvalue weighted by Gasteiger charge is -2.30. The molecule has 1 amide bonds. The van der Waals surface area contributed by atoms with E-state index in [9.17, 15) is 4.79 Å². The number of rotatable bonds is 7. The molecule has 2 rings (SSSR count). The molecule has 1 aliphatic rings. The highest BCUT2D eigenvalue weighted by molar-refractivity contribution is 5.76. The predicted molar refractivity (Wildman–Crippen MR) is 93.8 cm³/mol. The van der Waals surface area contributed by atoms with E-state index in [0.29, 0.717) is 25.0 Å². The van der Waals surface area contributed by atoms with Gasteiger partial charge in [0.25, 0.3) is 0 Å². The first-order valence-corrected chi connectivity index (χ1v) is 8.76. The van der Waals surface area contributed by atoms with Gasteiger partial charge in [-0.3, -0.25) is 4.79 Å². The van der Waals surface area contributed by atoms with Crippen molar-refractivity contribution in [3.05, 3.63) is 29.3 Å². The van der Waals surface area contributed by atoms with Gasteiger partial charge in [0.05, 0.1) is 6.61 Å². The van der Waals surface area contributed by atoms with E-state index in [4.69, 9.17) is 4.74 Å². The summed E-state index contributed by atoms with van der Waals surface area (Å²) in [6, 6.07) is 6.57. The number of hydrogen-bond acceptors (Lipinski definition) is 3. The van der Waals surface area contributed by atoms with Crippen LogP contribution in [-0.2, 0) is 4.79 Å². The first kappa shape index (κ1) is 17.8. The molecule has 23 heavy (non-hydrogen) atoms. The summed E-state index contributed by atoms with van der Waals surface area (Å²) in [5.41, 5.74) is 2.37. The van der Waals surface area contributed by atoms with Crippen molar-refractivity contribution in [2.24, 2.45) is 5.92 Å². The molecule has 1 heterocycles. The van der Waals surface area contributed by atoms with Crippen molar-refractivity contribution in [1.82, 2.24) is 10.6 Å². The standard InChI is InChI=1S/C19H30N2O2/c1-14-7-8-15(2)18(12-14)23-11-5-4-6-19(22)21-17-9-10-20-13-16(17)3/h7-8,12,16-17,20H,4-6,9-11,13H2,1-3H3,(H,21,22). The zero-order chi connectivity index (χ0) is 16.7. The van der Waals surface area contributed by atoms with Gasteiger partial charge in [-0.1, -0.05) is 19.1 Å². The van der Waals surface area contributed by atoms with Crippen molar-refractivity contribution < 1.29 is 9.53 Å². The van der Waals surface area contributed by atoms with E-state index in [0.717, 1.165) is 43.7 Å². The fourth-order valence-electron chi connectivity index (χ4n) is 2.94. The fourth-order valence-corrected chi connectivity index (χ4v) is 2.94. The number of unbranched alkanes of at least 4 members (excludes halogenated alkanes) is 1. The molecule has 0 saturated carbocycles. The minimum absolute atomic E-state index is 0.176. The molecule has 2 unspecified atom stereocenters. The third-order valence-corrected chi connectivity index (χ3v) is 4.53. The van der Waals surface area contributed by atoms with Crippen LogP contribution in [0.5, 0.6) is 5.75 Å². The Hall–Kier alpha value is -1.55. The molecule has 1 saturated heterocycles. The molecule has 0 spiro atoms. The van der Waals surface area contributed by atoms with Crippen molar-refractivity contribution in [3.8, 4) is 5.75 Å². The van der Waals surface area contributed by atoms with E-state index in [1.807, 2.05) is 0 Å². The summed E-state index contributed by atoms with van der Waals surface area (Å²) in [7, 11) is 0. The molecule has 0 bridgehead atoms. The van der Waals surface area contributed by atoms with Crippen molar-refractivity contribution in [2.75, 3.05) is 19.7 Å². The lowest BCUT2D eigenvalue weighted by Crippen LogP contribution is -2.48. The van der Waals surface area contributed by atoms with Gasteiger partial charge in [0, 0.05) is 12.5 Å². The van der Waals surface area contributed by atoms with E-state index in [1.54, 1.807) is 0 Å². The SMILES string of the molecule is Cc1ccc(C)c(OCCCCC(=O)NC2CCNCC2C)c1. The number of piperidine rings is 1. The van der Waals surface area contributed by atoms with Crippen LogP contribution in [0.3, 0.4) is 0 Å². The second kappa shape index (κ2) is 8.92. The smallest absolute Gasteiger partial charge is 0.220 e. The van der Waals surface area contributed by atoms with Gasteiger partial charge in [-0.15, -0.1) is 0 Å². The second-order valence-corrected chi connectivity index (χ2v) is 6.72. The number of amides is 1. The third kappa shape index (κ3) is 5.87. The van der Waals surface area contributed by atoms with Crippen LogP contribution in [-0.4, -0.2) is 31.6 Å². The van der Waals surface area contributed by atoms with Crippen molar-refractivity contribution in [1.29, 1.82) is 0 Å². The summed E-state index contributed by atoms with van der Waals surface area (Å²) in [5.74, 6) is 1.65. The Labute approximate surface area is 140 Å². The molecule has 1 aromatic rings. The van der Waals surface area contributed by atoms with Crippen LogP contribution in [0, 0.1) is 19.8 Å². The summed E-state index contributed by atoms with van der Waals surface area (Å²) in [4.78, 5) is 12.0. The third-order valence-electron chi connectivity index (χ3n) is 4.53. The number of carbonyl (C=O) groups excluding carboxylic acids is 1. The van der Waals surface area contributed by atoms with Crippen LogP contribution in [0.4, 0.5) is 0 Å². The quantitative estimate of drug-likeness (QED) is 0.760. The molecule has 2 atom stereocenters. The lowest BCUT2D eigenvalue weighted by atomic mass is 9.95. The second-order valence-electron chi connectivity index (χ2n) is 6.72. The molecular formula is C19H30N2O2. The van der Waals surface area contributed by atoms with E-state index >= 15 is 0 Å². The van der Waals surface area contributed by atoms with Crippen molar-refractivity contribution >= 4 is 5.91 Å². The normalized spacial score (nSPS) is 21.0. The number of nitrogens with one attached hydrogen (secondary N) is 2. The van der Waals surface area contributed by atoms with E-state index in [1.165, 1.54) is 5.56 Å². The van der Waals surface area contributed by atoms with Crippen LogP contribution in [0.25, 0.3) is 0 Å².